The molecule has 0 radical (unpaired) electrons. The molecule has 0 fully saturated rings. The SMILES string of the molecule is N#Cc1ccccc1NC(=O)CON=Cc1cccc(OCc2ccccc2)c1. The van der Waals surface area contributed by atoms with E-state index in [-0.39, 0.29) is 6.61 Å². The van der Waals surface area contributed by atoms with Crippen molar-refractivity contribution in [3.8, 4) is 11.8 Å². The van der Waals surface area contributed by atoms with E-state index in [9.17, 15) is 4.79 Å². The van der Waals surface area contributed by atoms with Gasteiger partial charge in [0.15, 0.2) is 6.61 Å². The van der Waals surface area contributed by atoms with E-state index >= 15 is 0 Å². The number of nitriles is 1. The van der Waals surface area contributed by atoms with Crippen molar-refractivity contribution in [2.45, 2.75) is 6.61 Å². The second kappa shape index (κ2) is 10.3. The van der Waals surface area contributed by atoms with Crippen LogP contribution in [0.1, 0.15) is 16.7 Å². The highest BCUT2D eigenvalue weighted by Gasteiger charge is 2.06. The minimum Gasteiger partial charge on any atom is -0.489 e. The number of carbonyl (C=O) groups excluding carboxylic acids is 1. The van der Waals surface area contributed by atoms with E-state index in [0.717, 1.165) is 11.1 Å². The van der Waals surface area contributed by atoms with Crippen LogP contribution in [0, 0.1) is 11.3 Å². The zero-order valence-corrected chi connectivity index (χ0v) is 15.6. The topological polar surface area (TPSA) is 83.7 Å². The van der Waals surface area contributed by atoms with Gasteiger partial charge in [-0.05, 0) is 35.4 Å². The predicted octanol–water partition coefficient (Wildman–Crippen LogP) is 4.13. The monoisotopic (exact) mass is 385 g/mol. The van der Waals surface area contributed by atoms with Crippen LogP contribution in [0.15, 0.2) is 84.0 Å². The number of anilines is 1. The Balaban J connectivity index is 1.47. The fraction of sp³-hybridized carbons (Fsp3) is 0.0870. The molecule has 0 aliphatic rings. The van der Waals surface area contributed by atoms with Crippen molar-refractivity contribution in [3.63, 3.8) is 0 Å². The molecule has 0 aliphatic heterocycles. The number of rotatable bonds is 8. The van der Waals surface area contributed by atoms with Gasteiger partial charge in [0.25, 0.3) is 5.91 Å². The standard InChI is InChI=1S/C23H19N3O3/c24-14-20-10-4-5-12-22(20)26-23(27)17-29-25-15-19-9-6-11-21(13-19)28-16-18-7-2-1-3-8-18/h1-13,15H,16-17H2,(H,26,27). The third-order valence-corrected chi connectivity index (χ3v) is 3.90. The Hall–Kier alpha value is -4.11. The number of carbonyl (C=O) groups is 1. The summed E-state index contributed by atoms with van der Waals surface area (Å²) in [6, 6.07) is 26.1. The van der Waals surface area contributed by atoms with Crippen molar-refractivity contribution >= 4 is 17.8 Å². The van der Waals surface area contributed by atoms with Crippen LogP contribution in [0.5, 0.6) is 5.75 Å². The lowest BCUT2D eigenvalue weighted by Gasteiger charge is -2.07. The van der Waals surface area contributed by atoms with Crippen LogP contribution in [0.3, 0.4) is 0 Å². The van der Waals surface area contributed by atoms with Gasteiger partial charge in [0.1, 0.15) is 18.4 Å². The van der Waals surface area contributed by atoms with Gasteiger partial charge in [-0.25, -0.2) is 0 Å². The first-order valence-electron chi connectivity index (χ1n) is 8.96. The van der Waals surface area contributed by atoms with Crippen LogP contribution < -0.4 is 10.1 Å². The van der Waals surface area contributed by atoms with Gasteiger partial charge in [0.05, 0.1) is 17.5 Å². The van der Waals surface area contributed by atoms with Crippen LogP contribution in [0.2, 0.25) is 0 Å². The van der Waals surface area contributed by atoms with Crippen molar-refractivity contribution < 1.29 is 14.4 Å². The molecular weight excluding hydrogens is 366 g/mol. The Labute approximate surface area is 169 Å². The zero-order chi connectivity index (χ0) is 20.3. The summed E-state index contributed by atoms with van der Waals surface area (Å²) in [6.45, 7) is 0.211. The molecule has 0 saturated heterocycles. The van der Waals surface area contributed by atoms with E-state index in [2.05, 4.69) is 10.5 Å². The molecule has 144 valence electrons. The first kappa shape index (κ1) is 19.6. The maximum absolute atomic E-state index is 11.9. The second-order valence-electron chi connectivity index (χ2n) is 6.06. The third kappa shape index (κ3) is 6.22. The molecule has 0 unspecified atom stereocenters. The number of nitrogens with zero attached hydrogens (tertiary/aromatic N) is 2. The Morgan fingerprint density at radius 3 is 2.66 bits per heavy atom. The quantitative estimate of drug-likeness (QED) is 0.467. The van der Waals surface area contributed by atoms with E-state index in [4.69, 9.17) is 14.8 Å². The molecule has 0 saturated carbocycles. The molecule has 1 amide bonds. The summed E-state index contributed by atoms with van der Waals surface area (Å²) in [5, 5.41) is 15.5. The van der Waals surface area contributed by atoms with Crippen molar-refractivity contribution in [2.24, 2.45) is 5.16 Å². The molecule has 3 aromatic carbocycles. The second-order valence-corrected chi connectivity index (χ2v) is 6.06. The highest BCUT2D eigenvalue weighted by atomic mass is 16.6. The van der Waals surface area contributed by atoms with Crippen molar-refractivity contribution in [2.75, 3.05) is 11.9 Å². The molecule has 0 heterocycles. The number of hydrogen-bond donors (Lipinski definition) is 1. The summed E-state index contributed by atoms with van der Waals surface area (Å²) in [7, 11) is 0. The number of oxime groups is 1. The van der Waals surface area contributed by atoms with Gasteiger partial charge in [0, 0.05) is 0 Å². The van der Waals surface area contributed by atoms with E-state index in [1.807, 2.05) is 60.7 Å². The Kier molecular flexibility index (Phi) is 6.97. The van der Waals surface area contributed by atoms with Gasteiger partial charge in [-0.1, -0.05) is 59.8 Å². The lowest BCUT2D eigenvalue weighted by molar-refractivity contribution is -0.120. The largest absolute Gasteiger partial charge is 0.489 e. The molecule has 6 heteroatoms. The Morgan fingerprint density at radius 1 is 1.03 bits per heavy atom. The van der Waals surface area contributed by atoms with E-state index in [1.165, 1.54) is 6.21 Å². The first-order chi connectivity index (χ1) is 14.2. The van der Waals surface area contributed by atoms with Crippen LogP contribution >= 0.6 is 0 Å². The first-order valence-corrected chi connectivity index (χ1v) is 8.96. The normalized spacial score (nSPS) is 10.3. The average Bonchev–Trinajstić information content (AvgIpc) is 2.77. The summed E-state index contributed by atoms with van der Waals surface area (Å²) in [5.74, 6) is 0.313. The smallest absolute Gasteiger partial charge is 0.265 e. The minimum absolute atomic E-state index is 0.263. The summed E-state index contributed by atoms with van der Waals surface area (Å²) in [5.41, 5.74) is 2.69. The van der Waals surface area contributed by atoms with Crippen LogP contribution in [-0.2, 0) is 16.2 Å². The molecular formula is C23H19N3O3. The Bertz CT molecular complexity index is 1030. The van der Waals surface area contributed by atoms with E-state index in [1.54, 1.807) is 24.3 Å². The highest BCUT2D eigenvalue weighted by molar-refractivity contribution is 5.93. The van der Waals surface area contributed by atoms with Crippen molar-refractivity contribution in [3.05, 3.63) is 95.6 Å². The van der Waals surface area contributed by atoms with Gasteiger partial charge >= 0.3 is 0 Å². The summed E-state index contributed by atoms with van der Waals surface area (Å²) in [4.78, 5) is 17.0. The fourth-order valence-corrected chi connectivity index (χ4v) is 2.50. The van der Waals surface area contributed by atoms with Gasteiger partial charge in [-0.15, -0.1) is 0 Å². The molecule has 0 spiro atoms. The fourth-order valence-electron chi connectivity index (χ4n) is 2.50. The van der Waals surface area contributed by atoms with Crippen molar-refractivity contribution in [1.29, 1.82) is 5.26 Å². The maximum Gasteiger partial charge on any atom is 0.265 e. The average molecular weight is 385 g/mol. The summed E-state index contributed by atoms with van der Waals surface area (Å²) in [6.07, 6.45) is 1.51. The van der Waals surface area contributed by atoms with E-state index < -0.39 is 5.91 Å². The maximum atomic E-state index is 11.9. The van der Waals surface area contributed by atoms with Crippen LogP contribution in [0.25, 0.3) is 0 Å². The van der Waals surface area contributed by atoms with Gasteiger partial charge in [-0.3, -0.25) is 4.79 Å². The Morgan fingerprint density at radius 2 is 1.83 bits per heavy atom. The number of nitrogens with one attached hydrogen (secondary N) is 1. The zero-order valence-electron chi connectivity index (χ0n) is 15.6. The molecule has 0 aromatic heterocycles. The summed E-state index contributed by atoms with van der Waals surface area (Å²) >= 11 is 0. The number of ether oxygens (including phenoxy) is 1. The lowest BCUT2D eigenvalue weighted by atomic mass is 10.2. The lowest BCUT2D eigenvalue weighted by Crippen LogP contribution is -2.17. The van der Waals surface area contributed by atoms with Crippen LogP contribution in [-0.4, -0.2) is 18.7 Å². The number of amides is 1. The number of para-hydroxylation sites is 1. The summed E-state index contributed by atoms with van der Waals surface area (Å²) < 4.78 is 5.77. The molecule has 1 N–H and O–H groups in total. The molecule has 0 bridgehead atoms. The molecule has 6 nitrogen and oxygen atoms in total. The third-order valence-electron chi connectivity index (χ3n) is 3.90. The van der Waals surface area contributed by atoms with Gasteiger partial charge in [-0.2, -0.15) is 5.26 Å². The minimum atomic E-state index is -0.398. The number of hydrogen-bond acceptors (Lipinski definition) is 5. The predicted molar refractivity (Wildman–Crippen MR) is 111 cm³/mol. The van der Waals surface area contributed by atoms with Crippen molar-refractivity contribution in [1.82, 2.24) is 0 Å². The van der Waals surface area contributed by atoms with Gasteiger partial charge < -0.3 is 14.9 Å². The molecule has 3 rings (SSSR count). The van der Waals surface area contributed by atoms with Crippen LogP contribution in [0.4, 0.5) is 5.69 Å². The number of benzene rings is 3. The molecule has 29 heavy (non-hydrogen) atoms. The highest BCUT2D eigenvalue weighted by Crippen LogP contribution is 2.15. The molecule has 0 atom stereocenters. The molecule has 0 aliphatic carbocycles. The van der Waals surface area contributed by atoms with Gasteiger partial charge in [0.2, 0.25) is 0 Å². The molecule has 3 aromatic rings. The van der Waals surface area contributed by atoms with E-state index in [0.29, 0.717) is 23.6 Å².